The van der Waals surface area contributed by atoms with Gasteiger partial charge >= 0.3 is 5.97 Å². The highest BCUT2D eigenvalue weighted by atomic mass is 32.1. The minimum atomic E-state index is -1.20. The Morgan fingerprint density at radius 1 is 1.40 bits per heavy atom. The summed E-state index contributed by atoms with van der Waals surface area (Å²) in [7, 11) is 0. The van der Waals surface area contributed by atoms with E-state index in [9.17, 15) is 14.7 Å². The van der Waals surface area contributed by atoms with Crippen molar-refractivity contribution >= 4 is 28.9 Å². The fraction of sp³-hybridized carbons (Fsp3) is 0.200. The molecule has 9 nitrogen and oxygen atoms in total. The number of carbonyl (C=O) groups is 2. The Balaban J connectivity index is 1.82. The van der Waals surface area contributed by atoms with Crippen molar-refractivity contribution in [1.82, 2.24) is 19.9 Å². The summed E-state index contributed by atoms with van der Waals surface area (Å²) in [6.07, 6.45) is 1.91. The van der Waals surface area contributed by atoms with Crippen LogP contribution in [0.5, 0.6) is 11.6 Å². The third kappa shape index (κ3) is 3.69. The van der Waals surface area contributed by atoms with Gasteiger partial charge in [0.05, 0.1) is 6.61 Å². The van der Waals surface area contributed by atoms with Crippen molar-refractivity contribution in [1.29, 1.82) is 0 Å². The third-order valence-corrected chi connectivity index (χ3v) is 4.24. The molecule has 25 heavy (non-hydrogen) atoms. The number of rotatable bonds is 7. The number of thiophene rings is 1. The Labute approximate surface area is 145 Å². The van der Waals surface area contributed by atoms with Gasteiger partial charge in [-0.2, -0.15) is 9.61 Å². The second-order valence-electron chi connectivity index (χ2n) is 4.99. The smallest absolute Gasteiger partial charge is 0.322 e. The summed E-state index contributed by atoms with van der Waals surface area (Å²) in [6.45, 7) is -0.211. The topological polar surface area (TPSA) is 126 Å². The molecule has 3 rings (SSSR count). The zero-order valence-electron chi connectivity index (χ0n) is 12.9. The van der Waals surface area contributed by atoms with Crippen molar-refractivity contribution < 1.29 is 24.5 Å². The molecule has 3 aromatic heterocycles. The molecule has 0 aliphatic rings. The second kappa shape index (κ2) is 7.18. The Morgan fingerprint density at radius 2 is 2.24 bits per heavy atom. The summed E-state index contributed by atoms with van der Waals surface area (Å²) in [5.41, 5.74) is -0.0848. The molecule has 3 N–H and O–H groups in total. The highest BCUT2D eigenvalue weighted by Gasteiger charge is 2.21. The van der Waals surface area contributed by atoms with Gasteiger partial charge < -0.3 is 20.3 Å². The molecule has 0 unspecified atom stereocenters. The third-order valence-electron chi connectivity index (χ3n) is 3.30. The van der Waals surface area contributed by atoms with E-state index in [4.69, 9.17) is 9.84 Å². The van der Waals surface area contributed by atoms with Crippen molar-refractivity contribution in [2.45, 2.75) is 6.42 Å². The van der Waals surface area contributed by atoms with Gasteiger partial charge in [-0.3, -0.25) is 9.59 Å². The second-order valence-corrected chi connectivity index (χ2v) is 6.02. The molecule has 0 aliphatic carbocycles. The molecular weight excluding hydrogens is 348 g/mol. The van der Waals surface area contributed by atoms with Crippen LogP contribution in [0.4, 0.5) is 0 Å². The first-order chi connectivity index (χ1) is 12.1. The number of fused-ring (bicyclic) bond motifs is 1. The Morgan fingerprint density at radius 3 is 2.96 bits per heavy atom. The van der Waals surface area contributed by atoms with Gasteiger partial charge in [0, 0.05) is 17.4 Å². The van der Waals surface area contributed by atoms with Crippen molar-refractivity contribution in [2.75, 3.05) is 13.2 Å². The zero-order chi connectivity index (χ0) is 17.8. The van der Waals surface area contributed by atoms with E-state index in [1.54, 1.807) is 11.3 Å². The number of carboxylic acid groups (broad SMARTS) is 1. The number of nitrogens with zero attached hydrogens (tertiary/aromatic N) is 3. The molecular formula is C15H14N4O5S. The number of hydrogen-bond acceptors (Lipinski definition) is 7. The van der Waals surface area contributed by atoms with Crippen LogP contribution in [0.1, 0.15) is 15.2 Å². The van der Waals surface area contributed by atoms with Gasteiger partial charge in [0.1, 0.15) is 24.2 Å². The van der Waals surface area contributed by atoms with Crippen LogP contribution >= 0.6 is 11.3 Å². The molecule has 3 aromatic rings. The van der Waals surface area contributed by atoms with Gasteiger partial charge in [0.25, 0.3) is 5.91 Å². The number of ether oxygens (including phenoxy) is 1. The summed E-state index contributed by atoms with van der Waals surface area (Å²) >= 11 is 1.62. The van der Waals surface area contributed by atoms with Crippen molar-refractivity contribution in [3.8, 4) is 11.6 Å². The maximum Gasteiger partial charge on any atom is 0.322 e. The van der Waals surface area contributed by atoms with Crippen LogP contribution in [-0.4, -0.2) is 49.8 Å². The molecule has 0 radical (unpaired) electrons. The first-order valence-corrected chi connectivity index (χ1v) is 8.15. The lowest BCUT2D eigenvalue weighted by molar-refractivity contribution is -0.135. The molecule has 0 aromatic carbocycles. The number of amides is 1. The predicted octanol–water partition coefficient (Wildman–Crippen LogP) is 0.932. The highest BCUT2D eigenvalue weighted by Crippen LogP contribution is 2.27. The lowest BCUT2D eigenvalue weighted by Crippen LogP contribution is -2.29. The molecule has 0 atom stereocenters. The van der Waals surface area contributed by atoms with Crippen LogP contribution in [0, 0.1) is 0 Å². The highest BCUT2D eigenvalue weighted by molar-refractivity contribution is 7.09. The molecule has 0 fully saturated rings. The van der Waals surface area contributed by atoms with Crippen LogP contribution in [0.3, 0.4) is 0 Å². The number of carboxylic acids is 1. The van der Waals surface area contributed by atoms with Crippen molar-refractivity contribution in [2.24, 2.45) is 0 Å². The number of aromatic nitrogens is 3. The van der Waals surface area contributed by atoms with Crippen LogP contribution in [0.15, 0.2) is 29.9 Å². The van der Waals surface area contributed by atoms with Crippen molar-refractivity contribution in [3.05, 3.63) is 40.3 Å². The summed E-state index contributed by atoms with van der Waals surface area (Å²) in [5.74, 6) is -2.09. The maximum atomic E-state index is 12.1. The van der Waals surface area contributed by atoms with Gasteiger partial charge in [-0.15, -0.1) is 11.3 Å². The van der Waals surface area contributed by atoms with Gasteiger partial charge in [-0.25, -0.2) is 4.98 Å². The SMILES string of the molecule is O=C(O)CNC(=O)c1c(O)cc(OCCc2cccs2)n2ncnc12. The Kier molecular flexibility index (Phi) is 4.80. The average molecular weight is 362 g/mol. The zero-order valence-corrected chi connectivity index (χ0v) is 13.7. The standard InChI is InChI=1S/C15H14N4O5S/c20-10-6-11(24-4-3-9-2-1-5-25-9)19-14(17-8-18-19)13(10)15(23)16-7-12(21)22/h1-2,5-6,8,20H,3-4,7H2,(H,16,23)(H,21,22). The number of aromatic hydroxyl groups is 1. The number of aliphatic carboxylic acids is 1. The first kappa shape index (κ1) is 16.7. The van der Waals surface area contributed by atoms with E-state index in [0.29, 0.717) is 13.0 Å². The van der Waals surface area contributed by atoms with Crippen molar-refractivity contribution in [3.63, 3.8) is 0 Å². The van der Waals surface area contributed by atoms with E-state index in [1.165, 1.54) is 16.9 Å². The van der Waals surface area contributed by atoms with E-state index in [-0.39, 0.29) is 22.8 Å². The van der Waals surface area contributed by atoms with E-state index in [0.717, 1.165) is 4.88 Å². The van der Waals surface area contributed by atoms with Gasteiger partial charge in [-0.1, -0.05) is 6.07 Å². The molecule has 0 bridgehead atoms. The molecule has 0 aliphatic heterocycles. The molecule has 130 valence electrons. The largest absolute Gasteiger partial charge is 0.507 e. The fourth-order valence-electron chi connectivity index (χ4n) is 2.21. The number of pyridine rings is 1. The average Bonchev–Trinajstić information content (AvgIpc) is 3.24. The molecule has 10 heteroatoms. The summed E-state index contributed by atoms with van der Waals surface area (Å²) < 4.78 is 6.93. The molecule has 1 amide bonds. The van der Waals surface area contributed by atoms with Gasteiger partial charge in [-0.05, 0) is 11.4 Å². The lowest BCUT2D eigenvalue weighted by atomic mass is 10.2. The minimum Gasteiger partial charge on any atom is -0.507 e. The van der Waals surface area contributed by atoms with Crippen LogP contribution in [0.2, 0.25) is 0 Å². The first-order valence-electron chi connectivity index (χ1n) is 7.27. The number of nitrogens with one attached hydrogen (secondary N) is 1. The molecule has 0 saturated heterocycles. The quantitative estimate of drug-likeness (QED) is 0.571. The minimum absolute atomic E-state index is 0.0778. The molecule has 0 saturated carbocycles. The molecule has 3 heterocycles. The van der Waals surface area contributed by atoms with Gasteiger partial charge in [0.15, 0.2) is 5.65 Å². The number of hydrogen-bond donors (Lipinski definition) is 3. The fourth-order valence-corrected chi connectivity index (χ4v) is 2.90. The van der Waals surface area contributed by atoms with E-state index >= 15 is 0 Å². The van der Waals surface area contributed by atoms with Gasteiger partial charge in [0.2, 0.25) is 5.88 Å². The van der Waals surface area contributed by atoms with Crippen LogP contribution in [0.25, 0.3) is 5.65 Å². The molecule has 0 spiro atoms. The summed E-state index contributed by atoms with van der Waals surface area (Å²) in [5, 5.41) is 26.9. The maximum absolute atomic E-state index is 12.1. The van der Waals surface area contributed by atoms with Crippen LogP contribution in [-0.2, 0) is 11.2 Å². The normalized spacial score (nSPS) is 10.7. The van der Waals surface area contributed by atoms with Crippen LogP contribution < -0.4 is 10.1 Å². The summed E-state index contributed by atoms with van der Waals surface area (Å²) in [4.78, 5) is 27.8. The van der Waals surface area contributed by atoms with E-state index in [2.05, 4.69) is 15.4 Å². The monoisotopic (exact) mass is 362 g/mol. The Hall–Kier alpha value is -3.14. The van der Waals surface area contributed by atoms with E-state index < -0.39 is 18.4 Å². The lowest BCUT2D eigenvalue weighted by Gasteiger charge is -2.11. The number of carbonyl (C=O) groups excluding carboxylic acids is 1. The van der Waals surface area contributed by atoms with E-state index in [1.807, 2.05) is 17.5 Å². The summed E-state index contributed by atoms with van der Waals surface area (Å²) in [6, 6.07) is 5.20. The predicted molar refractivity (Wildman–Crippen MR) is 88.1 cm³/mol. The Bertz CT molecular complexity index is 906.